The third-order valence-electron chi connectivity index (χ3n) is 9.10. The van der Waals surface area contributed by atoms with Crippen molar-refractivity contribution in [1.82, 2.24) is 26.2 Å². The predicted octanol–water partition coefficient (Wildman–Crippen LogP) is -0.263. The van der Waals surface area contributed by atoms with Gasteiger partial charge in [0.1, 0.15) is 0 Å². The molecule has 1 aliphatic rings. The number of nitrogens with one attached hydrogen (secondary N) is 4. The zero-order chi connectivity index (χ0) is 42.4. The van der Waals surface area contributed by atoms with E-state index in [0.29, 0.717) is 38.4 Å². The van der Waals surface area contributed by atoms with Crippen molar-refractivity contribution < 1.29 is 57.0 Å². The Morgan fingerprint density at radius 2 is 1.21 bits per heavy atom. The molecule has 0 heterocycles. The van der Waals surface area contributed by atoms with Gasteiger partial charge in [0.25, 0.3) is 6.57 Å². The zero-order valence-corrected chi connectivity index (χ0v) is 35.5. The first-order chi connectivity index (χ1) is 28.1. The maximum atomic E-state index is 13.8. The molecule has 1 aromatic rings. The summed E-state index contributed by atoms with van der Waals surface area (Å²) in [6, 6.07) is 6.47. The predicted molar refractivity (Wildman–Crippen MR) is 218 cm³/mol. The maximum Gasteiger partial charge on any atom is 0.257 e. The highest BCUT2D eigenvalue weighted by atomic mass is 32.7. The summed E-state index contributed by atoms with van der Waals surface area (Å²) in [7, 11) is 0. The SMILES string of the molecule is CCP(=O)(OC1CCC(C(=O)NCc2ccc(C[C@@H](C(=O)NCCOCCON)N(CC(=O)NCCOCCON)CC(=O)NCCOCCON)cc2)CC1)SC. The number of rotatable bonds is 33. The lowest BCUT2D eigenvalue weighted by Crippen LogP contribution is -2.54. The molecule has 0 spiro atoms. The molecule has 0 bridgehead atoms. The van der Waals surface area contributed by atoms with Crippen LogP contribution in [-0.2, 0) is 70.0 Å². The molecule has 2 atom stereocenters. The molecule has 332 valence electrons. The van der Waals surface area contributed by atoms with Crippen LogP contribution in [0.4, 0.5) is 0 Å². The van der Waals surface area contributed by atoms with E-state index >= 15 is 0 Å². The fourth-order valence-corrected chi connectivity index (χ4v) is 8.47. The minimum Gasteiger partial charge on any atom is -0.377 e. The van der Waals surface area contributed by atoms with Crippen LogP contribution < -0.4 is 39.0 Å². The van der Waals surface area contributed by atoms with Crippen molar-refractivity contribution >= 4 is 41.6 Å². The molecule has 1 aliphatic carbocycles. The normalized spacial score (nSPS) is 17.0. The zero-order valence-electron chi connectivity index (χ0n) is 33.8. The molecular formula is C36H65N8O12PS. The third kappa shape index (κ3) is 22.0. The number of nitrogens with two attached hydrogens (primary N) is 3. The molecule has 1 aromatic carbocycles. The van der Waals surface area contributed by atoms with Crippen molar-refractivity contribution in [2.24, 2.45) is 23.6 Å². The lowest BCUT2D eigenvalue weighted by molar-refractivity contribution is -0.132. The molecule has 0 aromatic heterocycles. The number of carbonyl (C=O) groups is 4. The summed E-state index contributed by atoms with van der Waals surface area (Å²) in [4.78, 5) is 68.1. The maximum absolute atomic E-state index is 13.8. The minimum absolute atomic E-state index is 0.0400. The van der Waals surface area contributed by atoms with E-state index in [9.17, 15) is 23.7 Å². The first-order valence-electron chi connectivity index (χ1n) is 19.5. The summed E-state index contributed by atoms with van der Waals surface area (Å²) in [5.41, 5.74) is 1.62. The number of carbonyl (C=O) groups excluding carboxylic acids is 4. The Kier molecular flexibility index (Phi) is 27.6. The molecule has 10 N–H and O–H groups in total. The molecule has 4 amide bonds. The van der Waals surface area contributed by atoms with Crippen molar-refractivity contribution in [3.63, 3.8) is 0 Å². The van der Waals surface area contributed by atoms with Gasteiger partial charge < -0.3 is 54.5 Å². The van der Waals surface area contributed by atoms with Gasteiger partial charge in [-0.2, -0.15) is 0 Å². The highest BCUT2D eigenvalue weighted by molar-refractivity contribution is 8.56. The number of hydrogen-bond donors (Lipinski definition) is 7. The number of hydrogen-bond acceptors (Lipinski definition) is 17. The number of nitrogens with zero attached hydrogens (tertiary/aromatic N) is 1. The second-order valence-electron chi connectivity index (χ2n) is 13.3. The smallest absolute Gasteiger partial charge is 0.257 e. The van der Waals surface area contributed by atoms with Gasteiger partial charge in [-0.3, -0.25) is 28.6 Å². The van der Waals surface area contributed by atoms with Crippen molar-refractivity contribution in [2.45, 2.75) is 57.7 Å². The highest BCUT2D eigenvalue weighted by Crippen LogP contribution is 2.59. The minimum atomic E-state index is -2.69. The Labute approximate surface area is 345 Å². The van der Waals surface area contributed by atoms with E-state index in [-0.39, 0.29) is 117 Å². The fourth-order valence-electron chi connectivity index (χ4n) is 5.92. The lowest BCUT2D eigenvalue weighted by atomic mass is 9.87. The first-order valence-corrected chi connectivity index (χ1v) is 23.1. The molecule has 58 heavy (non-hydrogen) atoms. The standard InChI is InChI=1S/C36H65N8O12PS/c1-3-57(49,58-2)56-31-10-8-30(9-11-31)35(47)43-25-29-6-4-28(5-7-29)24-32(36(48)42-14-17-52-20-23-55-39)44(26-33(45)40-12-15-50-18-21-53-37)27-34(46)41-13-16-51-19-22-54-38/h4-7,30-32H,3,8-27,37-39H2,1-2H3,(H,40,45)(H,41,46)(H,42,48)(H,43,47)/t30?,31?,32-,57?/m0/s1. The number of ether oxygens (including phenoxy) is 3. The number of benzene rings is 1. The second kappa shape index (κ2) is 31.2. The molecule has 2 rings (SSSR count). The van der Waals surface area contributed by atoms with E-state index in [1.54, 1.807) is 6.26 Å². The molecular weight excluding hydrogens is 799 g/mol. The van der Waals surface area contributed by atoms with Crippen LogP contribution in [0.1, 0.15) is 43.7 Å². The topological polar surface area (TPSA) is 279 Å². The number of amides is 4. The van der Waals surface area contributed by atoms with E-state index in [0.717, 1.165) is 11.1 Å². The van der Waals surface area contributed by atoms with Gasteiger partial charge in [0.05, 0.1) is 84.7 Å². The van der Waals surface area contributed by atoms with Crippen LogP contribution >= 0.6 is 18.0 Å². The fraction of sp³-hybridized carbons (Fsp3) is 0.722. The lowest BCUT2D eigenvalue weighted by Gasteiger charge is -2.30. The average molecular weight is 865 g/mol. The van der Waals surface area contributed by atoms with Gasteiger partial charge in [0, 0.05) is 38.3 Å². The van der Waals surface area contributed by atoms with E-state index in [1.807, 2.05) is 31.2 Å². The van der Waals surface area contributed by atoms with Crippen LogP contribution in [0.2, 0.25) is 0 Å². The van der Waals surface area contributed by atoms with Gasteiger partial charge in [-0.1, -0.05) is 42.6 Å². The Morgan fingerprint density at radius 1 is 0.724 bits per heavy atom. The summed E-state index contributed by atoms with van der Waals surface area (Å²) in [6.07, 6.45) is 5.01. The highest BCUT2D eigenvalue weighted by Gasteiger charge is 2.32. The van der Waals surface area contributed by atoms with Gasteiger partial charge in [0.2, 0.25) is 23.6 Å². The summed E-state index contributed by atoms with van der Waals surface area (Å²) < 4.78 is 34.8. The first kappa shape index (κ1) is 51.4. The second-order valence-corrected chi connectivity index (χ2v) is 18.5. The van der Waals surface area contributed by atoms with E-state index in [2.05, 4.69) is 35.8 Å². The van der Waals surface area contributed by atoms with Crippen LogP contribution in [0.3, 0.4) is 0 Å². The van der Waals surface area contributed by atoms with Gasteiger partial charge in [-0.25, -0.2) is 17.7 Å². The van der Waals surface area contributed by atoms with Crippen LogP contribution in [0, 0.1) is 5.92 Å². The van der Waals surface area contributed by atoms with Crippen molar-refractivity contribution in [3.8, 4) is 0 Å². The van der Waals surface area contributed by atoms with Crippen molar-refractivity contribution in [3.05, 3.63) is 35.4 Å². The van der Waals surface area contributed by atoms with Crippen LogP contribution in [0.5, 0.6) is 0 Å². The summed E-state index contributed by atoms with van der Waals surface area (Å²) in [6.45, 7) is 1.35. The van der Waals surface area contributed by atoms with Gasteiger partial charge in [-0.05, 0) is 49.5 Å². The Balaban J connectivity index is 2.13. The van der Waals surface area contributed by atoms with E-state index in [4.69, 9.17) is 36.4 Å². The van der Waals surface area contributed by atoms with E-state index in [1.165, 1.54) is 16.3 Å². The van der Waals surface area contributed by atoms with Crippen molar-refractivity contribution in [2.75, 3.05) is 105 Å². The average Bonchev–Trinajstić information content (AvgIpc) is 3.23. The Morgan fingerprint density at radius 3 is 1.67 bits per heavy atom. The van der Waals surface area contributed by atoms with Gasteiger partial charge in [0.15, 0.2) is 0 Å². The monoisotopic (exact) mass is 864 g/mol. The molecule has 0 aliphatic heterocycles. The molecule has 1 fully saturated rings. The summed E-state index contributed by atoms with van der Waals surface area (Å²) in [5, 5.41) is 11.4. The van der Waals surface area contributed by atoms with Crippen molar-refractivity contribution in [1.29, 1.82) is 0 Å². The summed E-state index contributed by atoms with van der Waals surface area (Å²) >= 11 is 1.27. The third-order valence-corrected chi connectivity index (χ3v) is 13.7. The Hall–Kier alpha value is -2.76. The van der Waals surface area contributed by atoms with Crippen LogP contribution in [0.15, 0.2) is 24.3 Å². The molecule has 0 radical (unpaired) electrons. The molecule has 1 saturated carbocycles. The summed E-state index contributed by atoms with van der Waals surface area (Å²) in [5.74, 6) is 13.6. The molecule has 22 heteroatoms. The Bertz CT molecular complexity index is 1330. The largest absolute Gasteiger partial charge is 0.377 e. The van der Waals surface area contributed by atoms with Crippen LogP contribution in [-0.4, -0.2) is 145 Å². The van der Waals surface area contributed by atoms with E-state index < -0.39 is 30.3 Å². The molecule has 0 saturated heterocycles. The quantitative estimate of drug-likeness (QED) is 0.0272. The van der Waals surface area contributed by atoms with Gasteiger partial charge in [-0.15, -0.1) is 0 Å². The molecule has 20 nitrogen and oxygen atoms in total. The van der Waals surface area contributed by atoms with Gasteiger partial charge >= 0.3 is 0 Å². The van der Waals surface area contributed by atoms with Crippen LogP contribution in [0.25, 0.3) is 0 Å². The molecule has 1 unspecified atom stereocenters.